The Labute approximate surface area is 124 Å². The molecule has 2 nitrogen and oxygen atoms in total. The molecule has 0 spiro atoms. The van der Waals surface area contributed by atoms with Crippen LogP contribution in [-0.4, -0.2) is 36.6 Å². The van der Waals surface area contributed by atoms with E-state index in [0.29, 0.717) is 6.04 Å². The van der Waals surface area contributed by atoms with Crippen molar-refractivity contribution in [3.8, 4) is 0 Å². The molecule has 0 bridgehead atoms. The summed E-state index contributed by atoms with van der Waals surface area (Å²) in [5, 5.41) is 3.79. The second-order valence-corrected chi connectivity index (χ2v) is 6.55. The van der Waals surface area contributed by atoms with E-state index in [0.717, 1.165) is 12.0 Å². The number of rotatable bonds is 6. The smallest absolute Gasteiger partial charge is 0.00939 e. The maximum Gasteiger partial charge on any atom is 0.00939 e. The molecule has 1 aromatic rings. The lowest BCUT2D eigenvalue weighted by molar-refractivity contribution is 0.188. The molecule has 0 saturated carbocycles. The van der Waals surface area contributed by atoms with Gasteiger partial charge in [-0.3, -0.25) is 0 Å². The third-order valence-corrected chi connectivity index (χ3v) is 4.65. The van der Waals surface area contributed by atoms with E-state index in [1.54, 1.807) is 0 Å². The molecule has 2 heteroatoms. The first-order valence-electron chi connectivity index (χ1n) is 8.17. The van der Waals surface area contributed by atoms with Crippen LogP contribution in [0.3, 0.4) is 0 Å². The highest BCUT2D eigenvalue weighted by Crippen LogP contribution is 2.13. The Bertz CT molecular complexity index is 366. The summed E-state index contributed by atoms with van der Waals surface area (Å²) in [4.78, 5) is 2.62. The molecule has 0 amide bonds. The summed E-state index contributed by atoms with van der Waals surface area (Å²) in [6.07, 6.45) is 3.78. The second-order valence-electron chi connectivity index (χ2n) is 6.55. The number of benzene rings is 1. The average molecular weight is 274 g/mol. The predicted molar refractivity (Wildman–Crippen MR) is 87.0 cm³/mol. The van der Waals surface area contributed by atoms with Crippen LogP contribution in [0.1, 0.15) is 39.2 Å². The molecule has 1 heterocycles. The summed E-state index contributed by atoms with van der Waals surface area (Å²) in [7, 11) is 0. The molecule has 0 aliphatic carbocycles. The Kier molecular flexibility index (Phi) is 6.06. The van der Waals surface area contributed by atoms with Crippen molar-refractivity contribution in [3.63, 3.8) is 0 Å². The lowest BCUT2D eigenvalue weighted by Gasteiger charge is -2.34. The average Bonchev–Trinajstić information content (AvgIpc) is 2.47. The predicted octanol–water partition coefficient (Wildman–Crippen LogP) is 3.33. The largest absolute Gasteiger partial charge is 0.311 e. The molecule has 1 unspecified atom stereocenters. The van der Waals surface area contributed by atoms with Crippen LogP contribution in [0.5, 0.6) is 0 Å². The van der Waals surface area contributed by atoms with Gasteiger partial charge in [0.2, 0.25) is 0 Å². The zero-order valence-electron chi connectivity index (χ0n) is 13.3. The van der Waals surface area contributed by atoms with E-state index in [2.05, 4.69) is 61.3 Å². The fourth-order valence-electron chi connectivity index (χ4n) is 2.82. The highest BCUT2D eigenvalue weighted by Gasteiger charge is 2.20. The van der Waals surface area contributed by atoms with Crippen LogP contribution in [0.2, 0.25) is 0 Å². The van der Waals surface area contributed by atoms with Gasteiger partial charge in [-0.2, -0.15) is 0 Å². The molecule has 1 fully saturated rings. The van der Waals surface area contributed by atoms with E-state index < -0.39 is 0 Å². The highest BCUT2D eigenvalue weighted by atomic mass is 15.1. The van der Waals surface area contributed by atoms with Gasteiger partial charge in [-0.05, 0) is 50.8 Å². The number of hydrogen-bond donors (Lipinski definition) is 1. The fourth-order valence-corrected chi connectivity index (χ4v) is 2.82. The van der Waals surface area contributed by atoms with Gasteiger partial charge in [-0.15, -0.1) is 0 Å². The quantitative estimate of drug-likeness (QED) is 0.856. The van der Waals surface area contributed by atoms with E-state index in [4.69, 9.17) is 0 Å². The number of likely N-dealkylation sites (tertiary alicyclic amines) is 1. The minimum atomic E-state index is 0.635. The van der Waals surface area contributed by atoms with Crippen LogP contribution in [0, 0.1) is 5.92 Å². The van der Waals surface area contributed by atoms with Crippen molar-refractivity contribution in [2.45, 2.75) is 52.1 Å². The second kappa shape index (κ2) is 7.80. The van der Waals surface area contributed by atoms with Gasteiger partial charge >= 0.3 is 0 Å². The van der Waals surface area contributed by atoms with Crippen LogP contribution in [0.4, 0.5) is 0 Å². The zero-order valence-corrected chi connectivity index (χ0v) is 13.3. The summed E-state index contributed by atoms with van der Waals surface area (Å²) in [5.41, 5.74) is 1.46. The topological polar surface area (TPSA) is 15.3 Å². The highest BCUT2D eigenvalue weighted by molar-refractivity contribution is 5.14. The molecule has 0 radical (unpaired) electrons. The molecule has 1 aliphatic rings. The summed E-state index contributed by atoms with van der Waals surface area (Å²) in [6.45, 7) is 10.6. The Morgan fingerprint density at radius 1 is 1.10 bits per heavy atom. The number of nitrogens with one attached hydrogen (secondary N) is 1. The van der Waals surface area contributed by atoms with E-state index in [1.807, 2.05) is 0 Å². The number of hydrogen-bond acceptors (Lipinski definition) is 2. The van der Waals surface area contributed by atoms with Gasteiger partial charge in [-0.1, -0.05) is 44.2 Å². The van der Waals surface area contributed by atoms with Gasteiger partial charge in [0.05, 0.1) is 0 Å². The van der Waals surface area contributed by atoms with Crippen molar-refractivity contribution in [1.82, 2.24) is 10.2 Å². The van der Waals surface area contributed by atoms with Crippen molar-refractivity contribution in [2.24, 2.45) is 5.92 Å². The fraction of sp³-hybridized carbons (Fsp3) is 0.667. The lowest BCUT2D eigenvalue weighted by Crippen LogP contribution is -2.47. The van der Waals surface area contributed by atoms with E-state index >= 15 is 0 Å². The van der Waals surface area contributed by atoms with Crippen molar-refractivity contribution in [3.05, 3.63) is 35.9 Å². The SMILES string of the molecule is CC(C)C(C)NC1CCN(CCc2ccccc2)CC1. The molecule has 1 saturated heterocycles. The normalized spacial score (nSPS) is 19.4. The third-order valence-electron chi connectivity index (χ3n) is 4.65. The van der Waals surface area contributed by atoms with E-state index in [1.165, 1.54) is 44.5 Å². The minimum Gasteiger partial charge on any atom is -0.311 e. The third kappa shape index (κ3) is 4.92. The molecule has 112 valence electrons. The molecule has 1 aromatic carbocycles. The van der Waals surface area contributed by atoms with Crippen LogP contribution in [0.15, 0.2) is 30.3 Å². The van der Waals surface area contributed by atoms with Gasteiger partial charge in [0.25, 0.3) is 0 Å². The molecular weight excluding hydrogens is 244 g/mol. The lowest BCUT2D eigenvalue weighted by atomic mass is 10.00. The van der Waals surface area contributed by atoms with Crippen molar-refractivity contribution in [2.75, 3.05) is 19.6 Å². The van der Waals surface area contributed by atoms with Gasteiger partial charge in [0.1, 0.15) is 0 Å². The van der Waals surface area contributed by atoms with Crippen LogP contribution < -0.4 is 5.32 Å². The first kappa shape index (κ1) is 15.5. The molecule has 1 aliphatic heterocycles. The first-order chi connectivity index (χ1) is 9.65. The number of piperidine rings is 1. The van der Waals surface area contributed by atoms with Crippen molar-refractivity contribution >= 4 is 0 Å². The maximum atomic E-state index is 3.79. The van der Waals surface area contributed by atoms with Gasteiger partial charge < -0.3 is 10.2 Å². The molecule has 1 N–H and O–H groups in total. The summed E-state index contributed by atoms with van der Waals surface area (Å²) in [6, 6.07) is 12.2. The van der Waals surface area contributed by atoms with Crippen molar-refractivity contribution in [1.29, 1.82) is 0 Å². The van der Waals surface area contributed by atoms with Gasteiger partial charge in [0, 0.05) is 18.6 Å². The Morgan fingerprint density at radius 2 is 1.75 bits per heavy atom. The monoisotopic (exact) mass is 274 g/mol. The minimum absolute atomic E-state index is 0.635. The summed E-state index contributed by atoms with van der Waals surface area (Å²) < 4.78 is 0. The summed E-state index contributed by atoms with van der Waals surface area (Å²) >= 11 is 0. The summed E-state index contributed by atoms with van der Waals surface area (Å²) in [5.74, 6) is 0.728. The Hall–Kier alpha value is -0.860. The molecule has 2 rings (SSSR count). The number of nitrogens with zero attached hydrogens (tertiary/aromatic N) is 1. The van der Waals surface area contributed by atoms with Crippen LogP contribution >= 0.6 is 0 Å². The Morgan fingerprint density at radius 3 is 2.35 bits per heavy atom. The van der Waals surface area contributed by atoms with Crippen molar-refractivity contribution < 1.29 is 0 Å². The van der Waals surface area contributed by atoms with Crippen LogP contribution in [0.25, 0.3) is 0 Å². The Balaban J connectivity index is 1.67. The molecule has 20 heavy (non-hydrogen) atoms. The standard InChI is InChI=1S/C18H30N2/c1-15(2)16(3)19-18-10-13-20(14-11-18)12-9-17-7-5-4-6-8-17/h4-8,15-16,18-19H,9-14H2,1-3H3. The molecular formula is C18H30N2. The van der Waals surface area contributed by atoms with Gasteiger partial charge in [-0.25, -0.2) is 0 Å². The van der Waals surface area contributed by atoms with Crippen LogP contribution in [-0.2, 0) is 6.42 Å². The first-order valence-corrected chi connectivity index (χ1v) is 8.17. The maximum absolute atomic E-state index is 3.79. The van der Waals surface area contributed by atoms with Gasteiger partial charge in [0.15, 0.2) is 0 Å². The zero-order chi connectivity index (χ0) is 14.4. The molecule has 1 atom stereocenters. The van der Waals surface area contributed by atoms with E-state index in [-0.39, 0.29) is 0 Å². The van der Waals surface area contributed by atoms with E-state index in [9.17, 15) is 0 Å². The molecule has 0 aromatic heterocycles.